The minimum absolute atomic E-state index is 0.0132. The van der Waals surface area contributed by atoms with Gasteiger partial charge in [-0.1, -0.05) is 5.21 Å². The van der Waals surface area contributed by atoms with Crippen molar-refractivity contribution in [3.05, 3.63) is 42.6 Å². The van der Waals surface area contributed by atoms with Crippen LogP contribution in [0.5, 0.6) is 23.0 Å². The summed E-state index contributed by atoms with van der Waals surface area (Å²) in [5.41, 5.74) is 1.92. The first kappa shape index (κ1) is 20.0. The summed E-state index contributed by atoms with van der Waals surface area (Å²) in [6.07, 6.45) is 1.68. The van der Waals surface area contributed by atoms with E-state index in [2.05, 4.69) is 15.6 Å². The van der Waals surface area contributed by atoms with Crippen molar-refractivity contribution in [2.45, 2.75) is 6.54 Å². The molecule has 0 atom stereocenters. The molecule has 0 saturated heterocycles. The van der Waals surface area contributed by atoms with Crippen molar-refractivity contribution in [2.24, 2.45) is 0 Å². The zero-order chi connectivity index (χ0) is 20.8. The monoisotopic (exact) mass is 398 g/mol. The SMILES string of the molecule is COc1ccc(OC)c(NC(=O)Cn2cc(-c3ccc(OC)c(OC)c3)nn2)c1. The van der Waals surface area contributed by atoms with Gasteiger partial charge in [0.05, 0.1) is 40.3 Å². The minimum atomic E-state index is -0.277. The summed E-state index contributed by atoms with van der Waals surface area (Å²) < 4.78 is 22.5. The van der Waals surface area contributed by atoms with Gasteiger partial charge in [0.15, 0.2) is 11.5 Å². The summed E-state index contributed by atoms with van der Waals surface area (Å²) >= 11 is 0. The Balaban J connectivity index is 1.73. The number of benzene rings is 2. The van der Waals surface area contributed by atoms with Crippen molar-refractivity contribution in [3.8, 4) is 34.3 Å². The third-order valence-corrected chi connectivity index (χ3v) is 4.20. The Labute approximate surface area is 168 Å². The molecule has 0 saturated carbocycles. The van der Waals surface area contributed by atoms with Crippen molar-refractivity contribution in [1.82, 2.24) is 15.0 Å². The van der Waals surface area contributed by atoms with Crippen LogP contribution in [0.2, 0.25) is 0 Å². The van der Waals surface area contributed by atoms with Crippen molar-refractivity contribution in [3.63, 3.8) is 0 Å². The zero-order valence-corrected chi connectivity index (χ0v) is 16.6. The molecule has 0 bridgehead atoms. The average molecular weight is 398 g/mol. The Morgan fingerprint density at radius 1 is 0.931 bits per heavy atom. The number of amides is 1. The third kappa shape index (κ3) is 4.57. The molecular formula is C20H22N4O5. The molecule has 152 valence electrons. The Bertz CT molecular complexity index is 1000. The predicted molar refractivity (Wildman–Crippen MR) is 107 cm³/mol. The van der Waals surface area contributed by atoms with Crippen LogP contribution in [0.4, 0.5) is 5.69 Å². The van der Waals surface area contributed by atoms with E-state index in [-0.39, 0.29) is 12.5 Å². The minimum Gasteiger partial charge on any atom is -0.497 e. The van der Waals surface area contributed by atoms with Gasteiger partial charge in [-0.2, -0.15) is 0 Å². The van der Waals surface area contributed by atoms with Crippen LogP contribution in [0.1, 0.15) is 0 Å². The highest BCUT2D eigenvalue weighted by Crippen LogP contribution is 2.31. The lowest BCUT2D eigenvalue weighted by Crippen LogP contribution is -2.19. The first-order valence-corrected chi connectivity index (χ1v) is 8.72. The quantitative estimate of drug-likeness (QED) is 0.623. The summed E-state index contributed by atoms with van der Waals surface area (Å²) in [5, 5.41) is 11.0. The fraction of sp³-hybridized carbons (Fsp3) is 0.250. The van der Waals surface area contributed by atoms with E-state index in [9.17, 15) is 4.79 Å². The topological polar surface area (TPSA) is 96.7 Å². The van der Waals surface area contributed by atoms with Crippen LogP contribution in [0.3, 0.4) is 0 Å². The van der Waals surface area contributed by atoms with Crippen molar-refractivity contribution in [2.75, 3.05) is 33.8 Å². The van der Waals surface area contributed by atoms with Crippen molar-refractivity contribution >= 4 is 11.6 Å². The number of methoxy groups -OCH3 is 4. The van der Waals surface area contributed by atoms with Crippen LogP contribution in [-0.2, 0) is 11.3 Å². The van der Waals surface area contributed by atoms with Gasteiger partial charge in [0.2, 0.25) is 5.91 Å². The molecule has 0 fully saturated rings. The molecule has 0 aliphatic heterocycles. The van der Waals surface area contributed by atoms with Gasteiger partial charge >= 0.3 is 0 Å². The van der Waals surface area contributed by atoms with E-state index in [1.54, 1.807) is 57.9 Å². The second-order valence-corrected chi connectivity index (χ2v) is 5.99. The van der Waals surface area contributed by atoms with Gasteiger partial charge in [0, 0.05) is 11.6 Å². The van der Waals surface area contributed by atoms with Crippen LogP contribution in [0.15, 0.2) is 42.6 Å². The molecule has 0 radical (unpaired) electrons. The highest BCUT2D eigenvalue weighted by Gasteiger charge is 2.13. The van der Waals surface area contributed by atoms with E-state index in [1.807, 2.05) is 6.07 Å². The molecule has 1 aromatic heterocycles. The van der Waals surface area contributed by atoms with E-state index < -0.39 is 0 Å². The number of carbonyl (C=O) groups is 1. The fourth-order valence-electron chi connectivity index (χ4n) is 2.75. The summed E-state index contributed by atoms with van der Waals surface area (Å²) in [4.78, 5) is 12.4. The molecular weight excluding hydrogens is 376 g/mol. The molecule has 2 aromatic carbocycles. The summed E-state index contributed by atoms with van der Waals surface area (Å²) in [6, 6.07) is 10.6. The maximum absolute atomic E-state index is 12.4. The molecule has 1 N–H and O–H groups in total. The molecule has 0 unspecified atom stereocenters. The average Bonchev–Trinajstić information content (AvgIpc) is 3.21. The van der Waals surface area contributed by atoms with Crippen LogP contribution in [0, 0.1) is 0 Å². The first-order valence-electron chi connectivity index (χ1n) is 8.72. The molecule has 0 spiro atoms. The lowest BCUT2D eigenvalue weighted by Gasteiger charge is -2.11. The van der Waals surface area contributed by atoms with Crippen LogP contribution in [-0.4, -0.2) is 49.3 Å². The maximum Gasteiger partial charge on any atom is 0.246 e. The number of hydrogen-bond donors (Lipinski definition) is 1. The summed E-state index contributed by atoms with van der Waals surface area (Å²) in [6.45, 7) is -0.0132. The third-order valence-electron chi connectivity index (χ3n) is 4.20. The molecule has 9 heteroatoms. The number of aromatic nitrogens is 3. The predicted octanol–water partition coefficient (Wildman–Crippen LogP) is 2.62. The van der Waals surface area contributed by atoms with Gasteiger partial charge < -0.3 is 24.3 Å². The van der Waals surface area contributed by atoms with E-state index in [0.29, 0.717) is 34.4 Å². The van der Waals surface area contributed by atoms with Crippen molar-refractivity contribution in [1.29, 1.82) is 0 Å². The number of anilines is 1. The first-order chi connectivity index (χ1) is 14.1. The number of rotatable bonds is 8. The van der Waals surface area contributed by atoms with E-state index in [1.165, 1.54) is 11.8 Å². The largest absolute Gasteiger partial charge is 0.497 e. The molecule has 9 nitrogen and oxygen atoms in total. The van der Waals surface area contributed by atoms with Gasteiger partial charge in [-0.25, -0.2) is 4.68 Å². The van der Waals surface area contributed by atoms with Crippen LogP contribution in [0.25, 0.3) is 11.3 Å². The Morgan fingerprint density at radius 2 is 1.66 bits per heavy atom. The van der Waals surface area contributed by atoms with Crippen molar-refractivity contribution < 1.29 is 23.7 Å². The molecule has 1 heterocycles. The number of nitrogens with one attached hydrogen (secondary N) is 1. The zero-order valence-electron chi connectivity index (χ0n) is 16.6. The summed E-state index contributed by atoms with van der Waals surface area (Å²) in [7, 11) is 6.22. The molecule has 1 amide bonds. The van der Waals surface area contributed by atoms with Gasteiger partial charge in [0.1, 0.15) is 23.7 Å². The number of carbonyl (C=O) groups excluding carboxylic acids is 1. The molecule has 3 aromatic rings. The second-order valence-electron chi connectivity index (χ2n) is 5.99. The Kier molecular flexibility index (Phi) is 6.18. The lowest BCUT2D eigenvalue weighted by atomic mass is 10.1. The van der Waals surface area contributed by atoms with E-state index in [0.717, 1.165) is 5.56 Å². The lowest BCUT2D eigenvalue weighted by molar-refractivity contribution is -0.116. The molecule has 0 aliphatic rings. The highest BCUT2D eigenvalue weighted by molar-refractivity contribution is 5.92. The Hall–Kier alpha value is -3.75. The molecule has 29 heavy (non-hydrogen) atoms. The number of ether oxygens (including phenoxy) is 4. The molecule has 0 aliphatic carbocycles. The van der Waals surface area contributed by atoms with E-state index in [4.69, 9.17) is 18.9 Å². The highest BCUT2D eigenvalue weighted by atomic mass is 16.5. The smallest absolute Gasteiger partial charge is 0.246 e. The normalized spacial score (nSPS) is 10.3. The number of nitrogens with zero attached hydrogens (tertiary/aromatic N) is 3. The van der Waals surface area contributed by atoms with Gasteiger partial charge in [0.25, 0.3) is 0 Å². The van der Waals surface area contributed by atoms with Crippen LogP contribution < -0.4 is 24.3 Å². The molecule has 3 rings (SSSR count). The Morgan fingerprint density at radius 3 is 2.34 bits per heavy atom. The van der Waals surface area contributed by atoms with Crippen LogP contribution >= 0.6 is 0 Å². The summed E-state index contributed by atoms with van der Waals surface area (Å²) in [5.74, 6) is 2.07. The van der Waals surface area contributed by atoms with Gasteiger partial charge in [-0.05, 0) is 30.3 Å². The van der Waals surface area contributed by atoms with Gasteiger partial charge in [-0.3, -0.25) is 4.79 Å². The van der Waals surface area contributed by atoms with Gasteiger partial charge in [-0.15, -0.1) is 5.10 Å². The van der Waals surface area contributed by atoms with E-state index >= 15 is 0 Å². The maximum atomic E-state index is 12.4. The second kappa shape index (κ2) is 8.96. The standard InChI is InChI=1S/C20H22N4O5/c1-26-14-6-8-17(27-2)15(10-14)21-20(25)12-24-11-16(22-23-24)13-5-7-18(28-3)19(9-13)29-4/h5-11H,12H2,1-4H3,(H,21,25). The fourth-order valence-corrected chi connectivity index (χ4v) is 2.75. The number of hydrogen-bond acceptors (Lipinski definition) is 7.